The van der Waals surface area contributed by atoms with Gasteiger partial charge in [-0.25, -0.2) is 4.79 Å². The first kappa shape index (κ1) is 27.5. The van der Waals surface area contributed by atoms with E-state index in [0.29, 0.717) is 19.6 Å². The molecule has 0 unspecified atom stereocenters. The molecule has 0 heterocycles. The average molecular weight is 453 g/mol. The summed E-state index contributed by atoms with van der Waals surface area (Å²) >= 11 is 0. The van der Waals surface area contributed by atoms with Crippen molar-refractivity contribution >= 4 is 23.0 Å². The minimum absolute atomic E-state index is 0.0560. The van der Waals surface area contributed by atoms with Crippen LogP contribution in [-0.2, 0) is 0 Å². The van der Waals surface area contributed by atoms with Gasteiger partial charge in [-0.15, -0.1) is 0 Å². The van der Waals surface area contributed by atoms with E-state index in [-0.39, 0.29) is 10.2 Å². The van der Waals surface area contributed by atoms with Crippen LogP contribution in [0, 0.1) is 20.2 Å². The molecule has 32 heavy (non-hydrogen) atoms. The smallest absolute Gasteiger partial charge is 0.337 e. The second-order valence-corrected chi connectivity index (χ2v) is 8.47. The summed E-state index contributed by atoms with van der Waals surface area (Å²) in [5, 5.41) is 33.4. The van der Waals surface area contributed by atoms with E-state index in [1.54, 1.807) is 0 Å². The van der Waals surface area contributed by atoms with E-state index in [0.717, 1.165) is 69.9 Å². The highest BCUT2D eigenvalue weighted by Gasteiger charge is 2.44. The normalized spacial score (nSPS) is 11.5. The standard InChI is InChI=1S/C23H37N3O6/c1-4-7-10-11-12-13-16-26(14-8-5-2,15-9-6-3)22-20(24(29)30)17-19(23(27)28)18-21(22)25(31)32/h17-18H,4-16H2,1-3H3/p+1. The highest BCUT2D eigenvalue weighted by Crippen LogP contribution is 2.44. The van der Waals surface area contributed by atoms with Crippen LogP contribution in [0.3, 0.4) is 0 Å². The molecule has 0 aromatic heterocycles. The van der Waals surface area contributed by atoms with Gasteiger partial charge in [-0.05, 0) is 25.7 Å². The first-order chi connectivity index (χ1) is 15.2. The third kappa shape index (κ3) is 7.55. The van der Waals surface area contributed by atoms with E-state index < -0.39 is 32.8 Å². The third-order valence-electron chi connectivity index (χ3n) is 6.00. The molecular weight excluding hydrogens is 414 g/mol. The van der Waals surface area contributed by atoms with Crippen LogP contribution in [0.2, 0.25) is 0 Å². The monoisotopic (exact) mass is 452 g/mol. The predicted octanol–water partition coefficient (Wildman–Crippen LogP) is 6.47. The molecular formula is C23H38N3O6+. The molecule has 0 saturated heterocycles. The van der Waals surface area contributed by atoms with Gasteiger partial charge in [-0.1, -0.05) is 59.3 Å². The Balaban J connectivity index is 3.61. The van der Waals surface area contributed by atoms with Gasteiger partial charge in [0.1, 0.15) is 0 Å². The van der Waals surface area contributed by atoms with Gasteiger partial charge in [0.2, 0.25) is 0 Å². The summed E-state index contributed by atoms with van der Waals surface area (Å²) < 4.78 is 0.155. The number of nitro groups is 2. The molecule has 9 nitrogen and oxygen atoms in total. The first-order valence-electron chi connectivity index (χ1n) is 11.8. The summed E-state index contributed by atoms with van der Waals surface area (Å²) in [4.78, 5) is 34.2. The van der Waals surface area contributed by atoms with Gasteiger partial charge in [0, 0.05) is 12.1 Å². The second kappa shape index (κ2) is 13.8. The quantitative estimate of drug-likeness (QED) is 0.125. The maximum absolute atomic E-state index is 12.0. The number of hydrogen-bond acceptors (Lipinski definition) is 5. The van der Waals surface area contributed by atoms with Crippen molar-refractivity contribution in [1.82, 2.24) is 4.48 Å². The first-order valence-corrected chi connectivity index (χ1v) is 11.8. The maximum Gasteiger partial charge on any atom is 0.337 e. The molecule has 0 atom stereocenters. The number of carboxylic acids is 1. The lowest BCUT2D eigenvalue weighted by Crippen LogP contribution is -2.52. The second-order valence-electron chi connectivity index (χ2n) is 8.47. The Bertz CT molecular complexity index is 738. The molecule has 0 aliphatic heterocycles. The average Bonchev–Trinajstić information content (AvgIpc) is 2.76. The Hall–Kier alpha value is -2.55. The number of nitrogens with zero attached hydrogens (tertiary/aromatic N) is 3. The third-order valence-corrected chi connectivity index (χ3v) is 6.00. The Morgan fingerprint density at radius 2 is 1.19 bits per heavy atom. The van der Waals surface area contributed by atoms with Gasteiger partial charge in [0.05, 0.1) is 35.0 Å². The van der Waals surface area contributed by atoms with E-state index in [1.807, 2.05) is 13.8 Å². The number of unbranched alkanes of at least 4 members (excludes halogenated alkanes) is 7. The predicted molar refractivity (Wildman–Crippen MR) is 126 cm³/mol. The number of rotatable bonds is 17. The van der Waals surface area contributed by atoms with Crippen molar-refractivity contribution in [3.05, 3.63) is 37.9 Å². The molecule has 1 aromatic carbocycles. The van der Waals surface area contributed by atoms with Crippen LogP contribution in [0.4, 0.5) is 17.1 Å². The molecule has 0 bridgehead atoms. The number of nitro benzene ring substituents is 2. The van der Waals surface area contributed by atoms with Crippen molar-refractivity contribution in [2.45, 2.75) is 85.0 Å². The van der Waals surface area contributed by atoms with Crippen LogP contribution >= 0.6 is 0 Å². The van der Waals surface area contributed by atoms with Gasteiger partial charge in [-0.2, -0.15) is 0 Å². The molecule has 0 aliphatic rings. The Morgan fingerprint density at radius 3 is 1.59 bits per heavy atom. The molecule has 1 N–H and O–H groups in total. The summed E-state index contributed by atoms with van der Waals surface area (Å²) in [5.41, 5.74) is -1.30. The summed E-state index contributed by atoms with van der Waals surface area (Å²) in [6.07, 6.45) is 9.54. The van der Waals surface area contributed by atoms with Crippen LogP contribution in [0.15, 0.2) is 12.1 Å². The molecule has 0 amide bonds. The van der Waals surface area contributed by atoms with E-state index in [2.05, 4.69) is 6.92 Å². The zero-order valence-corrected chi connectivity index (χ0v) is 19.7. The minimum atomic E-state index is -1.42. The van der Waals surface area contributed by atoms with Crippen LogP contribution in [-0.4, -0.2) is 40.6 Å². The molecule has 0 aliphatic carbocycles. The lowest BCUT2D eigenvalue weighted by molar-refractivity contribution is -0.394. The summed E-state index contributed by atoms with van der Waals surface area (Å²) in [6.45, 7) is 7.88. The molecule has 180 valence electrons. The number of quaternary nitrogens is 1. The largest absolute Gasteiger partial charge is 0.478 e. The summed E-state index contributed by atoms with van der Waals surface area (Å²) in [6, 6.07) is 1.97. The van der Waals surface area contributed by atoms with Crippen LogP contribution in [0.5, 0.6) is 0 Å². The topological polar surface area (TPSA) is 124 Å². The molecule has 9 heteroatoms. The van der Waals surface area contributed by atoms with E-state index >= 15 is 0 Å². The van der Waals surface area contributed by atoms with Gasteiger partial charge in [0.15, 0.2) is 0 Å². The van der Waals surface area contributed by atoms with Crippen molar-refractivity contribution in [3.63, 3.8) is 0 Å². The zero-order valence-electron chi connectivity index (χ0n) is 19.7. The van der Waals surface area contributed by atoms with E-state index in [1.165, 1.54) is 6.42 Å². The highest BCUT2D eigenvalue weighted by molar-refractivity contribution is 5.92. The van der Waals surface area contributed by atoms with Crippen molar-refractivity contribution < 1.29 is 19.7 Å². The number of aromatic carboxylic acids is 1. The van der Waals surface area contributed by atoms with E-state index in [4.69, 9.17) is 0 Å². The van der Waals surface area contributed by atoms with Crippen LogP contribution in [0.25, 0.3) is 0 Å². The molecule has 0 spiro atoms. The van der Waals surface area contributed by atoms with Gasteiger partial charge in [-0.3, -0.25) is 24.7 Å². The Labute approximate surface area is 190 Å². The Kier molecular flexibility index (Phi) is 11.8. The lowest BCUT2D eigenvalue weighted by atomic mass is 10.0. The SMILES string of the molecule is CCCCCCCC[N+](CCCC)(CCCC)c1c([N+](=O)[O-])cc(C(=O)O)cc1[N+](=O)[O-]. The van der Waals surface area contributed by atoms with E-state index in [9.17, 15) is 30.1 Å². The molecule has 0 fully saturated rings. The highest BCUT2D eigenvalue weighted by atomic mass is 16.6. The Morgan fingerprint density at radius 1 is 0.781 bits per heavy atom. The van der Waals surface area contributed by atoms with Crippen LogP contribution < -0.4 is 4.48 Å². The number of hydrogen-bond donors (Lipinski definition) is 1. The minimum Gasteiger partial charge on any atom is -0.478 e. The number of carbonyl (C=O) groups is 1. The number of carboxylic acid groups (broad SMARTS) is 1. The molecule has 1 aromatic rings. The fraction of sp³-hybridized carbons (Fsp3) is 0.696. The van der Waals surface area contributed by atoms with Crippen molar-refractivity contribution in [1.29, 1.82) is 0 Å². The van der Waals surface area contributed by atoms with Gasteiger partial charge < -0.3 is 5.11 Å². The van der Waals surface area contributed by atoms with Gasteiger partial charge in [0.25, 0.3) is 5.69 Å². The van der Waals surface area contributed by atoms with Gasteiger partial charge >= 0.3 is 17.3 Å². The lowest BCUT2D eigenvalue weighted by Gasteiger charge is -2.37. The fourth-order valence-corrected chi connectivity index (χ4v) is 4.28. The van der Waals surface area contributed by atoms with Crippen molar-refractivity contribution in [2.24, 2.45) is 0 Å². The molecule has 0 saturated carbocycles. The van der Waals surface area contributed by atoms with Crippen LogP contribution in [0.1, 0.15) is 95.3 Å². The fourth-order valence-electron chi connectivity index (χ4n) is 4.28. The zero-order chi connectivity index (χ0) is 24.1. The van der Waals surface area contributed by atoms with Crippen molar-refractivity contribution in [2.75, 3.05) is 19.6 Å². The van der Waals surface area contributed by atoms with Crippen molar-refractivity contribution in [3.8, 4) is 0 Å². The molecule has 0 radical (unpaired) electrons. The number of benzene rings is 1. The summed E-state index contributed by atoms with van der Waals surface area (Å²) in [5.74, 6) is -1.42. The summed E-state index contributed by atoms with van der Waals surface area (Å²) in [7, 11) is 0. The molecule has 1 rings (SSSR count). The maximum atomic E-state index is 12.0.